The summed E-state index contributed by atoms with van der Waals surface area (Å²) in [5.41, 5.74) is 12.9. The standard InChI is InChI=1S/C56H58FN9O9/c1-5-56(73)40-21-45-49-37(25-66(45)52(69)39(40)27-74-53(56)70)47-42(19-18-32-29(4)41(57)22-44(63-49)46(32)47)61-23-30-16-17-31(24-60-30)62-50(67)43(15-10-20-59-54(58)71)64-51(68)48(28(2)3)65-55(72)75-26-38-35-13-8-6-11-33(35)34-12-7-9-14-36(34)38/h6-9,11-14,16-17,21-22,24,28,38,42-43,48,61,73H,5,10,15,18-20,23,25-27H2,1-4H3,(H,62,67)(H,64,68)(H,65,72)(H3,58,59,71)/t42-,43-,48-,56-/m0/s1. The van der Waals surface area contributed by atoms with E-state index in [1.54, 1.807) is 50.5 Å². The lowest BCUT2D eigenvalue weighted by Crippen LogP contribution is -2.54. The number of carbonyl (C=O) groups is 5. The summed E-state index contributed by atoms with van der Waals surface area (Å²) in [5.74, 6) is -2.95. The fourth-order valence-electron chi connectivity index (χ4n) is 11.2. The van der Waals surface area contributed by atoms with E-state index in [4.69, 9.17) is 20.2 Å². The maximum atomic E-state index is 15.5. The van der Waals surface area contributed by atoms with Crippen molar-refractivity contribution in [3.05, 3.63) is 145 Å². The first-order chi connectivity index (χ1) is 36.1. The van der Waals surface area contributed by atoms with Gasteiger partial charge in [-0.15, -0.1) is 0 Å². The molecule has 0 unspecified atom stereocenters. The van der Waals surface area contributed by atoms with Gasteiger partial charge >= 0.3 is 18.1 Å². The normalized spacial score (nSPS) is 17.7. The second kappa shape index (κ2) is 20.4. The molecule has 0 radical (unpaired) electrons. The average molecular weight is 1020 g/mol. The summed E-state index contributed by atoms with van der Waals surface area (Å²) in [4.78, 5) is 89.1. The number of benzene rings is 3. The van der Waals surface area contributed by atoms with Crippen LogP contribution in [0, 0.1) is 18.7 Å². The lowest BCUT2D eigenvalue weighted by Gasteiger charge is -2.31. The molecule has 5 amide bonds. The Kier molecular flexibility index (Phi) is 13.7. The first kappa shape index (κ1) is 50.5. The Hall–Kier alpha value is -8.03. The van der Waals surface area contributed by atoms with Crippen LogP contribution in [0.15, 0.2) is 83.8 Å². The van der Waals surface area contributed by atoms with Crippen LogP contribution < -0.4 is 37.9 Å². The fourth-order valence-corrected chi connectivity index (χ4v) is 11.2. The smallest absolute Gasteiger partial charge is 0.407 e. The summed E-state index contributed by atoms with van der Waals surface area (Å²) in [6.45, 7) is 7.32. The molecule has 19 heteroatoms. The monoisotopic (exact) mass is 1020 g/mol. The van der Waals surface area contributed by atoms with E-state index in [0.29, 0.717) is 46.7 Å². The van der Waals surface area contributed by atoms with Gasteiger partial charge in [-0.1, -0.05) is 69.3 Å². The number of esters is 1. The molecular weight excluding hydrogens is 962 g/mol. The molecule has 8 N–H and O–H groups in total. The molecule has 2 aliphatic carbocycles. The van der Waals surface area contributed by atoms with Gasteiger partial charge in [-0.05, 0) is 102 Å². The van der Waals surface area contributed by atoms with Gasteiger partial charge in [0.2, 0.25) is 11.8 Å². The molecular formula is C56H58FN9O9. The van der Waals surface area contributed by atoms with Gasteiger partial charge in [0.25, 0.3) is 5.56 Å². The molecule has 0 fully saturated rings. The van der Waals surface area contributed by atoms with Crippen LogP contribution in [0.25, 0.3) is 33.4 Å². The van der Waals surface area contributed by atoms with Crippen molar-refractivity contribution in [1.82, 2.24) is 35.8 Å². The van der Waals surface area contributed by atoms with Gasteiger partial charge in [0.1, 0.15) is 31.1 Å². The van der Waals surface area contributed by atoms with Crippen molar-refractivity contribution in [1.29, 1.82) is 0 Å². The molecule has 4 aliphatic rings. The predicted molar refractivity (Wildman–Crippen MR) is 276 cm³/mol. The lowest BCUT2D eigenvalue weighted by molar-refractivity contribution is -0.172. The van der Waals surface area contributed by atoms with E-state index in [1.807, 2.05) is 48.5 Å². The van der Waals surface area contributed by atoms with Crippen LogP contribution in [-0.4, -0.2) is 74.8 Å². The van der Waals surface area contributed by atoms with Crippen LogP contribution in [0.5, 0.6) is 0 Å². The number of aryl methyl sites for hydroxylation is 1. The first-order valence-corrected chi connectivity index (χ1v) is 25.3. The molecule has 388 valence electrons. The quantitative estimate of drug-likeness (QED) is 0.0426. The number of aromatic nitrogens is 3. The number of ether oxygens (including phenoxy) is 2. The number of pyridine rings is 3. The molecule has 10 rings (SSSR count). The van der Waals surface area contributed by atoms with E-state index < -0.39 is 59.1 Å². The molecule has 5 heterocycles. The molecule has 18 nitrogen and oxygen atoms in total. The number of anilines is 1. The number of nitrogens with two attached hydrogens (primary N) is 1. The largest absolute Gasteiger partial charge is 0.458 e. The minimum atomic E-state index is -2.00. The summed E-state index contributed by atoms with van der Waals surface area (Å²) in [7, 11) is 0. The highest BCUT2D eigenvalue weighted by molar-refractivity contribution is 5.98. The van der Waals surface area contributed by atoms with Gasteiger partial charge in [-0.2, -0.15) is 0 Å². The van der Waals surface area contributed by atoms with Crippen molar-refractivity contribution in [3.63, 3.8) is 0 Å². The lowest BCUT2D eigenvalue weighted by atomic mass is 9.81. The number of aliphatic hydroxyl groups is 1. The molecule has 4 atom stereocenters. The zero-order valence-corrected chi connectivity index (χ0v) is 42.0. The molecule has 0 saturated carbocycles. The molecule has 2 aliphatic heterocycles. The third-order valence-electron chi connectivity index (χ3n) is 15.2. The number of hydrogen-bond donors (Lipinski definition) is 7. The van der Waals surface area contributed by atoms with E-state index >= 15 is 4.39 Å². The number of nitrogens with one attached hydrogen (secondary N) is 5. The van der Waals surface area contributed by atoms with E-state index in [1.165, 1.54) is 12.3 Å². The first-order valence-electron chi connectivity index (χ1n) is 25.3. The van der Waals surface area contributed by atoms with Gasteiger partial charge in [-0.25, -0.2) is 23.8 Å². The highest BCUT2D eigenvalue weighted by atomic mass is 19.1. The third kappa shape index (κ3) is 9.34. The summed E-state index contributed by atoms with van der Waals surface area (Å²) in [5, 5.41) is 26.8. The SMILES string of the molecule is CC[C@@]1(O)C(=O)OCc2c1cc1n(c2=O)Cc2c-1nc1cc(F)c(C)c3c1c2[C@@H](NCc1ccc(NC(=O)[C@H](CCCNC(N)=O)NC(=O)[C@@H](NC(=O)OCC2c4ccccc4-c4ccccc42)C(C)C)cn1)CC3. The second-order valence-corrected chi connectivity index (χ2v) is 20.0. The third-order valence-corrected chi connectivity index (χ3v) is 15.2. The van der Waals surface area contributed by atoms with E-state index in [9.17, 15) is 33.9 Å². The van der Waals surface area contributed by atoms with Crippen LogP contribution in [0.2, 0.25) is 0 Å². The van der Waals surface area contributed by atoms with Crippen LogP contribution in [0.3, 0.4) is 0 Å². The number of fused-ring (bicyclic) bond motifs is 8. The van der Waals surface area contributed by atoms with Crippen LogP contribution in [0.4, 0.5) is 19.7 Å². The number of halogens is 1. The molecule has 3 aromatic heterocycles. The van der Waals surface area contributed by atoms with Crippen LogP contribution in [-0.2, 0) is 55.6 Å². The highest BCUT2D eigenvalue weighted by Crippen LogP contribution is 2.47. The molecule has 0 bridgehead atoms. The van der Waals surface area contributed by atoms with E-state index in [2.05, 4.69) is 31.6 Å². The van der Waals surface area contributed by atoms with E-state index in [-0.39, 0.29) is 81.0 Å². The maximum absolute atomic E-state index is 15.5. The van der Waals surface area contributed by atoms with Crippen molar-refractivity contribution in [2.24, 2.45) is 11.7 Å². The second-order valence-electron chi connectivity index (χ2n) is 20.0. The number of alkyl carbamates (subject to hydrolysis) is 1. The summed E-state index contributed by atoms with van der Waals surface area (Å²) in [6, 6.07) is 19.3. The van der Waals surface area contributed by atoms with Crippen molar-refractivity contribution in [2.45, 2.75) is 109 Å². The zero-order chi connectivity index (χ0) is 52.9. The minimum absolute atomic E-state index is 0.00556. The van der Waals surface area contributed by atoms with Crippen LogP contribution in [0.1, 0.15) is 109 Å². The van der Waals surface area contributed by atoms with Crippen LogP contribution >= 0.6 is 0 Å². The topological polar surface area (TPSA) is 258 Å². The number of cyclic esters (lactones) is 1. The summed E-state index contributed by atoms with van der Waals surface area (Å²) < 4.78 is 28.1. The fraction of sp³-hybridized carbons (Fsp3) is 0.357. The number of amides is 5. The number of rotatable bonds is 16. The maximum Gasteiger partial charge on any atom is 0.407 e. The molecule has 75 heavy (non-hydrogen) atoms. The Morgan fingerprint density at radius 3 is 2.39 bits per heavy atom. The Morgan fingerprint density at radius 1 is 0.973 bits per heavy atom. The van der Waals surface area contributed by atoms with Gasteiger partial charge < -0.3 is 51.5 Å². The van der Waals surface area contributed by atoms with E-state index in [0.717, 1.165) is 44.3 Å². The Labute approximate surface area is 431 Å². The summed E-state index contributed by atoms with van der Waals surface area (Å²) >= 11 is 0. The minimum Gasteiger partial charge on any atom is -0.458 e. The van der Waals surface area contributed by atoms with Gasteiger partial charge in [0, 0.05) is 47.6 Å². The number of nitrogens with zero attached hydrogens (tertiary/aromatic N) is 3. The highest BCUT2D eigenvalue weighted by Gasteiger charge is 2.46. The van der Waals surface area contributed by atoms with Crippen molar-refractivity contribution in [3.8, 4) is 22.5 Å². The number of hydrogen-bond acceptors (Lipinski definition) is 12. The van der Waals surface area contributed by atoms with Gasteiger partial charge in [0.15, 0.2) is 5.60 Å². The van der Waals surface area contributed by atoms with Crippen molar-refractivity contribution >= 4 is 46.5 Å². The van der Waals surface area contributed by atoms with Gasteiger partial charge in [0.05, 0.1) is 46.6 Å². The summed E-state index contributed by atoms with van der Waals surface area (Å²) in [6.07, 6.45) is 2.27. The van der Waals surface area contributed by atoms with Gasteiger partial charge in [-0.3, -0.25) is 19.4 Å². The molecule has 6 aromatic rings. The number of primary amides is 1. The van der Waals surface area contributed by atoms with Crippen molar-refractivity contribution < 1.29 is 42.9 Å². The molecule has 0 saturated heterocycles. The molecule has 3 aromatic carbocycles. The van der Waals surface area contributed by atoms with Crippen molar-refractivity contribution in [2.75, 3.05) is 18.5 Å². The molecule has 0 spiro atoms. The number of urea groups is 1. The predicted octanol–water partition coefficient (Wildman–Crippen LogP) is 6.13. The Bertz CT molecular complexity index is 3330. The Morgan fingerprint density at radius 2 is 1.71 bits per heavy atom. The zero-order valence-electron chi connectivity index (χ0n) is 42.0. The average Bonchev–Trinajstić information content (AvgIpc) is 3.97. The number of carbonyl (C=O) groups excluding carboxylic acids is 5. The Balaban J connectivity index is 0.825.